The minimum absolute atomic E-state index is 0.000730. The summed E-state index contributed by atoms with van der Waals surface area (Å²) in [6, 6.07) is 15.4. The van der Waals surface area contributed by atoms with Crippen molar-refractivity contribution in [3.05, 3.63) is 64.6 Å². The molecule has 1 aromatic carbocycles. The summed E-state index contributed by atoms with van der Waals surface area (Å²) in [6.07, 6.45) is 0.430. The molecule has 0 radical (unpaired) electrons. The number of carbonyl (C=O) groups excluding carboxylic acids is 1. The molecule has 3 rings (SSSR count). The summed E-state index contributed by atoms with van der Waals surface area (Å²) in [4.78, 5) is 11.9. The van der Waals surface area contributed by atoms with Crippen molar-refractivity contribution < 1.29 is 14.6 Å². The fourth-order valence-electron chi connectivity index (χ4n) is 2.67. The Bertz CT molecular complexity index is 842. The Hall–Kier alpha value is -2.24. The monoisotopic (exact) mass is 374 g/mol. The van der Waals surface area contributed by atoms with Gasteiger partial charge in [-0.05, 0) is 48.6 Å². The summed E-state index contributed by atoms with van der Waals surface area (Å²) < 4.78 is 7.89. The summed E-state index contributed by atoms with van der Waals surface area (Å²) >= 11 is 7.76. The molecule has 3 aromatic rings. The molecule has 0 bridgehead atoms. The molecule has 0 unspecified atom stereocenters. The fraction of sp³-hybridized carbons (Fsp3) is 0.211. The predicted molar refractivity (Wildman–Crippen MR) is 98.0 cm³/mol. The second kappa shape index (κ2) is 8.23. The van der Waals surface area contributed by atoms with Crippen molar-refractivity contribution in [3.63, 3.8) is 0 Å². The number of halogens is 1. The molecule has 25 heavy (non-hydrogen) atoms. The third-order valence-corrected chi connectivity index (χ3v) is 5.04. The number of thiophene rings is 1. The molecular formula is C19H17ClNO3S-. The lowest BCUT2D eigenvalue weighted by Gasteiger charge is -2.14. The molecule has 130 valence electrons. The van der Waals surface area contributed by atoms with Crippen LogP contribution in [-0.4, -0.2) is 17.1 Å². The van der Waals surface area contributed by atoms with Crippen LogP contribution < -0.4 is 9.84 Å². The highest BCUT2D eigenvalue weighted by Gasteiger charge is 2.11. The van der Waals surface area contributed by atoms with E-state index in [0.29, 0.717) is 30.3 Å². The molecule has 0 saturated heterocycles. The fourth-order valence-corrected chi connectivity index (χ4v) is 3.62. The Morgan fingerprint density at radius 3 is 2.72 bits per heavy atom. The first-order valence-corrected chi connectivity index (χ1v) is 9.20. The van der Waals surface area contributed by atoms with Crippen LogP contribution in [0.1, 0.15) is 12.1 Å². The van der Waals surface area contributed by atoms with Crippen molar-refractivity contribution in [2.24, 2.45) is 0 Å². The number of carboxylic acids is 1. The predicted octanol–water partition coefficient (Wildman–Crippen LogP) is 3.63. The number of hydrogen-bond acceptors (Lipinski definition) is 4. The normalized spacial score (nSPS) is 10.8. The Labute approximate surface area is 155 Å². The number of para-hydroxylation sites is 1. The number of carbonyl (C=O) groups is 1. The minimum Gasteiger partial charge on any atom is -0.550 e. The van der Waals surface area contributed by atoms with Crippen LogP contribution in [-0.2, 0) is 17.8 Å². The molecule has 0 aliphatic carbocycles. The molecule has 0 fully saturated rings. The van der Waals surface area contributed by atoms with Gasteiger partial charge in [0.2, 0.25) is 0 Å². The van der Waals surface area contributed by atoms with Gasteiger partial charge in [0, 0.05) is 11.7 Å². The smallest absolute Gasteiger partial charge is 0.137 e. The lowest BCUT2D eigenvalue weighted by molar-refractivity contribution is -0.305. The third-order valence-electron chi connectivity index (χ3n) is 3.84. The Kier molecular flexibility index (Phi) is 5.79. The number of benzene rings is 1. The van der Waals surface area contributed by atoms with Gasteiger partial charge in [-0.15, -0.1) is 11.3 Å². The maximum absolute atomic E-state index is 10.8. The first-order valence-electron chi connectivity index (χ1n) is 7.94. The summed E-state index contributed by atoms with van der Waals surface area (Å²) in [5.74, 6) is -0.400. The van der Waals surface area contributed by atoms with E-state index >= 15 is 0 Å². The van der Waals surface area contributed by atoms with Crippen LogP contribution in [0.3, 0.4) is 0 Å². The Morgan fingerprint density at radius 1 is 1.16 bits per heavy atom. The molecule has 0 amide bonds. The van der Waals surface area contributed by atoms with E-state index in [4.69, 9.17) is 16.3 Å². The van der Waals surface area contributed by atoms with Crippen molar-refractivity contribution in [1.29, 1.82) is 0 Å². The lowest BCUT2D eigenvalue weighted by Crippen LogP contribution is -2.23. The van der Waals surface area contributed by atoms with E-state index in [0.717, 1.165) is 16.3 Å². The molecule has 0 atom stereocenters. The molecule has 0 aliphatic rings. The largest absolute Gasteiger partial charge is 0.550 e. The zero-order valence-corrected chi connectivity index (χ0v) is 15.1. The van der Waals surface area contributed by atoms with E-state index in [2.05, 4.69) is 4.57 Å². The first-order chi connectivity index (χ1) is 12.1. The highest BCUT2D eigenvalue weighted by atomic mass is 35.5. The summed E-state index contributed by atoms with van der Waals surface area (Å²) in [7, 11) is 0. The molecule has 4 nitrogen and oxygen atoms in total. The number of hydrogen-bond donors (Lipinski definition) is 0. The number of nitrogens with zero attached hydrogens (tertiary/aromatic N) is 1. The summed E-state index contributed by atoms with van der Waals surface area (Å²) in [5.41, 5.74) is 2.02. The Balaban J connectivity index is 1.76. The van der Waals surface area contributed by atoms with Crippen LogP contribution in [0.5, 0.6) is 5.75 Å². The molecule has 6 heteroatoms. The molecular weight excluding hydrogens is 358 g/mol. The van der Waals surface area contributed by atoms with Gasteiger partial charge in [-0.1, -0.05) is 29.8 Å². The van der Waals surface area contributed by atoms with Crippen LogP contribution in [0.25, 0.3) is 10.6 Å². The summed E-state index contributed by atoms with van der Waals surface area (Å²) in [5, 5.41) is 13.4. The van der Waals surface area contributed by atoms with Crippen LogP contribution in [0.2, 0.25) is 5.02 Å². The SMILES string of the molecule is O=C([O-])CCc1ccc(-c2cccs2)n1CCOc1ccccc1Cl. The number of aryl methyl sites for hydroxylation is 1. The highest BCUT2D eigenvalue weighted by molar-refractivity contribution is 7.13. The van der Waals surface area contributed by atoms with Gasteiger partial charge < -0.3 is 19.2 Å². The molecule has 2 aromatic heterocycles. The molecule has 0 aliphatic heterocycles. The van der Waals surface area contributed by atoms with Gasteiger partial charge >= 0.3 is 0 Å². The minimum atomic E-state index is -1.04. The van der Waals surface area contributed by atoms with Crippen LogP contribution >= 0.6 is 22.9 Å². The van der Waals surface area contributed by atoms with Crippen molar-refractivity contribution in [2.75, 3.05) is 6.61 Å². The van der Waals surface area contributed by atoms with Crippen molar-refractivity contribution in [1.82, 2.24) is 4.57 Å². The van der Waals surface area contributed by atoms with E-state index < -0.39 is 5.97 Å². The molecule has 2 heterocycles. The van der Waals surface area contributed by atoms with E-state index in [1.807, 2.05) is 47.8 Å². The lowest BCUT2D eigenvalue weighted by atomic mass is 10.2. The number of aromatic nitrogens is 1. The van der Waals surface area contributed by atoms with Crippen LogP contribution in [0.4, 0.5) is 0 Å². The topological polar surface area (TPSA) is 54.3 Å². The molecule has 0 N–H and O–H groups in total. The first kappa shape index (κ1) is 17.6. The maximum Gasteiger partial charge on any atom is 0.137 e. The van der Waals surface area contributed by atoms with Gasteiger partial charge in [0.1, 0.15) is 12.4 Å². The standard InChI is InChI=1S/C19H18ClNO3S/c20-15-4-1-2-5-17(15)24-12-11-21-14(8-10-19(22)23)7-9-16(21)18-6-3-13-25-18/h1-7,9,13H,8,10-12H2,(H,22,23)/p-1. The van der Waals surface area contributed by atoms with E-state index in [-0.39, 0.29) is 6.42 Å². The third kappa shape index (κ3) is 4.44. The average molecular weight is 375 g/mol. The second-order valence-corrected chi connectivity index (χ2v) is 6.84. The average Bonchev–Trinajstić information content (AvgIpc) is 3.24. The van der Waals surface area contributed by atoms with Crippen molar-refractivity contribution in [2.45, 2.75) is 19.4 Å². The highest BCUT2D eigenvalue weighted by Crippen LogP contribution is 2.28. The van der Waals surface area contributed by atoms with Crippen LogP contribution in [0.15, 0.2) is 53.9 Å². The van der Waals surface area contributed by atoms with Gasteiger partial charge in [0.05, 0.1) is 22.1 Å². The van der Waals surface area contributed by atoms with Crippen LogP contribution in [0, 0.1) is 0 Å². The number of carboxylic acid groups (broad SMARTS) is 1. The zero-order chi connectivity index (χ0) is 17.6. The van der Waals surface area contributed by atoms with Crippen molar-refractivity contribution in [3.8, 4) is 16.3 Å². The van der Waals surface area contributed by atoms with E-state index in [9.17, 15) is 9.90 Å². The second-order valence-electron chi connectivity index (χ2n) is 5.49. The van der Waals surface area contributed by atoms with E-state index in [1.165, 1.54) is 0 Å². The maximum atomic E-state index is 10.8. The Morgan fingerprint density at radius 2 is 2.00 bits per heavy atom. The van der Waals surface area contributed by atoms with Crippen molar-refractivity contribution >= 4 is 28.9 Å². The quantitative estimate of drug-likeness (QED) is 0.605. The number of aliphatic carboxylic acids is 1. The molecule has 0 spiro atoms. The van der Waals surface area contributed by atoms with E-state index in [1.54, 1.807) is 17.4 Å². The molecule has 0 saturated carbocycles. The number of rotatable bonds is 8. The van der Waals surface area contributed by atoms with Gasteiger partial charge in [-0.3, -0.25) is 0 Å². The van der Waals surface area contributed by atoms with Gasteiger partial charge in [-0.25, -0.2) is 0 Å². The summed E-state index contributed by atoms with van der Waals surface area (Å²) in [6.45, 7) is 1.04. The van der Waals surface area contributed by atoms with Gasteiger partial charge in [0.25, 0.3) is 0 Å². The van der Waals surface area contributed by atoms with Gasteiger partial charge in [0.15, 0.2) is 0 Å². The van der Waals surface area contributed by atoms with Gasteiger partial charge in [-0.2, -0.15) is 0 Å². The zero-order valence-electron chi connectivity index (χ0n) is 13.5. The number of ether oxygens (including phenoxy) is 1.